The predicted molar refractivity (Wildman–Crippen MR) is 102 cm³/mol. The highest BCUT2D eigenvalue weighted by Crippen LogP contribution is 2.45. The molecule has 1 aromatic rings. The van der Waals surface area contributed by atoms with Crippen molar-refractivity contribution in [3.63, 3.8) is 0 Å². The molecule has 2 aliphatic rings. The van der Waals surface area contributed by atoms with E-state index in [2.05, 4.69) is 0 Å². The molecule has 1 amide bonds. The van der Waals surface area contributed by atoms with E-state index in [9.17, 15) is 13.2 Å². The van der Waals surface area contributed by atoms with Gasteiger partial charge in [-0.25, -0.2) is 4.79 Å². The molecule has 150 valence electrons. The maximum absolute atomic E-state index is 12.4. The molecule has 0 N–H and O–H groups in total. The third kappa shape index (κ3) is 4.82. The molecule has 27 heavy (non-hydrogen) atoms. The summed E-state index contributed by atoms with van der Waals surface area (Å²) in [6.07, 6.45) is 2.53. The van der Waals surface area contributed by atoms with Crippen molar-refractivity contribution in [3.8, 4) is 0 Å². The van der Waals surface area contributed by atoms with Crippen molar-refractivity contribution < 1.29 is 22.1 Å². The summed E-state index contributed by atoms with van der Waals surface area (Å²) in [4.78, 5) is 14.0. The lowest BCUT2D eigenvalue weighted by Crippen LogP contribution is -2.60. The fraction of sp³-hybridized carbons (Fsp3) is 0.650. The highest BCUT2D eigenvalue weighted by Gasteiger charge is 2.48. The molecule has 6 nitrogen and oxygen atoms in total. The fourth-order valence-electron chi connectivity index (χ4n) is 3.77. The number of likely N-dealkylation sites (tertiary alicyclic amines) is 1. The Labute approximate surface area is 162 Å². The van der Waals surface area contributed by atoms with Gasteiger partial charge in [0.25, 0.3) is 10.1 Å². The van der Waals surface area contributed by atoms with Crippen molar-refractivity contribution in [3.05, 3.63) is 29.8 Å². The van der Waals surface area contributed by atoms with Crippen molar-refractivity contribution in [2.45, 2.75) is 70.0 Å². The summed E-state index contributed by atoms with van der Waals surface area (Å²) < 4.78 is 35.8. The van der Waals surface area contributed by atoms with Crippen LogP contribution in [0.25, 0.3) is 0 Å². The molecular weight excluding hydrogens is 366 g/mol. The Kier molecular flexibility index (Phi) is 5.29. The maximum Gasteiger partial charge on any atom is 0.410 e. The van der Waals surface area contributed by atoms with E-state index in [1.54, 1.807) is 29.2 Å². The topological polar surface area (TPSA) is 72.9 Å². The third-order valence-corrected chi connectivity index (χ3v) is 6.64. The molecule has 1 saturated carbocycles. The first kappa shape index (κ1) is 20.1. The van der Waals surface area contributed by atoms with Gasteiger partial charge in [0.15, 0.2) is 0 Å². The summed E-state index contributed by atoms with van der Waals surface area (Å²) in [5.41, 5.74) is 0.605. The monoisotopic (exact) mass is 395 g/mol. The first-order valence-corrected chi connectivity index (χ1v) is 10.9. The van der Waals surface area contributed by atoms with Gasteiger partial charge in [0, 0.05) is 18.5 Å². The number of nitrogens with zero attached hydrogens (tertiary/aromatic N) is 1. The Balaban J connectivity index is 1.50. The lowest BCUT2D eigenvalue weighted by Gasteiger charge is -2.52. The smallest absolute Gasteiger partial charge is 0.410 e. The van der Waals surface area contributed by atoms with Crippen LogP contribution in [0.15, 0.2) is 29.2 Å². The van der Waals surface area contributed by atoms with Crippen LogP contribution in [0.4, 0.5) is 4.79 Å². The van der Waals surface area contributed by atoms with E-state index in [-0.39, 0.29) is 22.5 Å². The molecule has 1 aliphatic heterocycles. The van der Waals surface area contributed by atoms with Gasteiger partial charge in [0.1, 0.15) is 5.60 Å². The van der Waals surface area contributed by atoms with Gasteiger partial charge in [0.05, 0.1) is 11.0 Å². The number of ether oxygens (including phenoxy) is 1. The number of aryl methyl sites for hydroxylation is 1. The van der Waals surface area contributed by atoms with Crippen LogP contribution in [0.3, 0.4) is 0 Å². The van der Waals surface area contributed by atoms with E-state index in [4.69, 9.17) is 8.92 Å². The van der Waals surface area contributed by atoms with Crippen LogP contribution in [-0.2, 0) is 19.0 Å². The summed E-state index contributed by atoms with van der Waals surface area (Å²) in [6, 6.07) is 6.71. The second-order valence-corrected chi connectivity index (χ2v) is 10.5. The van der Waals surface area contributed by atoms with Gasteiger partial charge in [0.2, 0.25) is 0 Å². The number of amides is 1. The van der Waals surface area contributed by atoms with E-state index < -0.39 is 15.7 Å². The minimum atomic E-state index is -3.73. The molecule has 7 heteroatoms. The fourth-order valence-corrected chi connectivity index (χ4v) is 4.91. The van der Waals surface area contributed by atoms with Crippen LogP contribution in [0.5, 0.6) is 0 Å². The summed E-state index contributed by atoms with van der Waals surface area (Å²) in [5, 5.41) is 0. The molecule has 3 rings (SSSR count). The molecule has 1 aromatic carbocycles. The van der Waals surface area contributed by atoms with Gasteiger partial charge < -0.3 is 9.64 Å². The molecule has 0 atom stereocenters. The molecule has 1 aliphatic carbocycles. The Morgan fingerprint density at radius 3 is 2.19 bits per heavy atom. The van der Waals surface area contributed by atoms with Crippen molar-refractivity contribution in [2.24, 2.45) is 5.41 Å². The quantitative estimate of drug-likeness (QED) is 0.726. The number of carbonyl (C=O) groups excluding carboxylic acids is 1. The number of hydrogen-bond acceptors (Lipinski definition) is 5. The summed E-state index contributed by atoms with van der Waals surface area (Å²) in [6.45, 7) is 8.85. The highest BCUT2D eigenvalue weighted by atomic mass is 32.2. The van der Waals surface area contributed by atoms with Gasteiger partial charge in [-0.3, -0.25) is 4.18 Å². The van der Waals surface area contributed by atoms with Crippen LogP contribution in [0.1, 0.15) is 52.0 Å². The van der Waals surface area contributed by atoms with Crippen LogP contribution >= 0.6 is 0 Å². The van der Waals surface area contributed by atoms with Crippen LogP contribution in [0, 0.1) is 12.3 Å². The molecular formula is C20H29NO5S. The molecule has 0 unspecified atom stereocenters. The molecule has 0 aromatic heterocycles. The zero-order valence-electron chi connectivity index (χ0n) is 16.5. The van der Waals surface area contributed by atoms with E-state index in [1.807, 2.05) is 27.7 Å². The summed E-state index contributed by atoms with van der Waals surface area (Å²) >= 11 is 0. The average Bonchev–Trinajstić information content (AvgIpc) is 2.52. The molecule has 1 spiro atoms. The zero-order chi connectivity index (χ0) is 19.9. The number of benzene rings is 1. The molecule has 0 bridgehead atoms. The Morgan fingerprint density at radius 1 is 1.11 bits per heavy atom. The van der Waals surface area contributed by atoms with Crippen molar-refractivity contribution >= 4 is 16.2 Å². The molecule has 1 heterocycles. The van der Waals surface area contributed by atoms with Crippen LogP contribution < -0.4 is 0 Å². The van der Waals surface area contributed by atoms with Crippen molar-refractivity contribution in [1.29, 1.82) is 0 Å². The maximum atomic E-state index is 12.4. The highest BCUT2D eigenvalue weighted by molar-refractivity contribution is 7.86. The van der Waals surface area contributed by atoms with E-state index >= 15 is 0 Å². The SMILES string of the molecule is Cc1ccc(S(=O)(=O)OC2CCC3(CC2)CN(C(=O)OC(C)(C)C)C3)cc1. The van der Waals surface area contributed by atoms with Gasteiger partial charge >= 0.3 is 6.09 Å². The Bertz CT molecular complexity index is 779. The number of hydrogen-bond donors (Lipinski definition) is 0. The van der Waals surface area contributed by atoms with Gasteiger partial charge in [-0.1, -0.05) is 17.7 Å². The van der Waals surface area contributed by atoms with Crippen molar-refractivity contribution in [2.75, 3.05) is 13.1 Å². The van der Waals surface area contributed by atoms with Crippen LogP contribution in [0.2, 0.25) is 0 Å². The van der Waals surface area contributed by atoms with E-state index in [0.717, 1.165) is 18.4 Å². The molecule has 0 radical (unpaired) electrons. The second kappa shape index (κ2) is 7.09. The Morgan fingerprint density at radius 2 is 1.67 bits per heavy atom. The summed E-state index contributed by atoms with van der Waals surface area (Å²) in [7, 11) is -3.73. The minimum Gasteiger partial charge on any atom is -0.444 e. The standard InChI is InChI=1S/C20H29NO5S/c1-15-5-7-17(8-6-15)27(23,24)26-16-9-11-20(12-10-16)13-21(14-20)18(22)25-19(2,3)4/h5-8,16H,9-14H2,1-4H3. The van der Waals surface area contributed by atoms with E-state index in [0.29, 0.717) is 25.9 Å². The molecule has 2 fully saturated rings. The number of carbonyl (C=O) groups is 1. The minimum absolute atomic E-state index is 0.0877. The summed E-state index contributed by atoms with van der Waals surface area (Å²) in [5.74, 6) is 0. The normalized spacial score (nSPS) is 20.4. The van der Waals surface area contributed by atoms with E-state index in [1.165, 1.54) is 0 Å². The zero-order valence-corrected chi connectivity index (χ0v) is 17.3. The number of rotatable bonds is 3. The lowest BCUT2D eigenvalue weighted by atomic mass is 9.68. The third-order valence-electron chi connectivity index (χ3n) is 5.27. The molecule has 1 saturated heterocycles. The average molecular weight is 396 g/mol. The lowest BCUT2D eigenvalue weighted by molar-refractivity contribution is -0.0601. The van der Waals surface area contributed by atoms with Gasteiger partial charge in [-0.15, -0.1) is 0 Å². The van der Waals surface area contributed by atoms with Gasteiger partial charge in [-0.2, -0.15) is 8.42 Å². The van der Waals surface area contributed by atoms with Crippen LogP contribution in [-0.4, -0.2) is 44.2 Å². The Hall–Kier alpha value is -1.60. The predicted octanol–water partition coefficient (Wildman–Crippen LogP) is 3.88. The van der Waals surface area contributed by atoms with Gasteiger partial charge in [-0.05, 0) is 65.5 Å². The first-order valence-electron chi connectivity index (χ1n) is 9.46. The van der Waals surface area contributed by atoms with Crippen molar-refractivity contribution in [1.82, 2.24) is 4.90 Å². The second-order valence-electron chi connectivity index (χ2n) is 8.90. The largest absolute Gasteiger partial charge is 0.444 e. The first-order chi connectivity index (χ1) is 12.5.